The molecule has 0 radical (unpaired) electrons. The summed E-state index contributed by atoms with van der Waals surface area (Å²) in [5.41, 5.74) is -0.321. The van der Waals surface area contributed by atoms with Crippen molar-refractivity contribution < 1.29 is 0 Å². The number of aromatic amines is 2. The minimum Gasteiger partial charge on any atom is -0.362 e. The van der Waals surface area contributed by atoms with E-state index in [-0.39, 0.29) is 5.69 Å². The van der Waals surface area contributed by atoms with Gasteiger partial charge in [0, 0.05) is 5.38 Å². The fraction of sp³-hybridized carbons (Fsp3) is 0.167. The predicted octanol–water partition coefficient (Wildman–Crippen LogP) is 0.820. The summed E-state index contributed by atoms with van der Waals surface area (Å²) in [5, 5.41) is 10.7. The van der Waals surface area contributed by atoms with Gasteiger partial charge < -0.3 is 5.32 Å². The van der Waals surface area contributed by atoms with Gasteiger partial charge >= 0.3 is 5.69 Å². The average molecular weight is 232 g/mol. The molecule has 3 N–H and O–H groups in total. The second kappa shape index (κ2) is 3.81. The van der Waals surface area contributed by atoms with Crippen LogP contribution in [0, 0.1) is 0 Å². The quantitative estimate of drug-likeness (QED) is 0.730. The number of hydrogen-bond donors (Lipinski definition) is 3. The maximum atomic E-state index is 10.7. The largest absolute Gasteiger partial charge is 0.362 e. The van der Waals surface area contributed by atoms with Gasteiger partial charge in [-0.1, -0.05) is 11.6 Å². The molecular formula is C6H6ClN5OS. The number of anilines is 1. The molecule has 2 aromatic rings. The van der Waals surface area contributed by atoms with Crippen molar-refractivity contribution >= 4 is 28.8 Å². The number of halogens is 1. The van der Waals surface area contributed by atoms with Crippen molar-refractivity contribution in [2.24, 2.45) is 0 Å². The summed E-state index contributed by atoms with van der Waals surface area (Å²) in [6, 6.07) is 0. The van der Waals surface area contributed by atoms with Crippen LogP contribution in [0.1, 0.15) is 5.82 Å². The first-order valence-electron chi connectivity index (χ1n) is 3.72. The molecular weight excluding hydrogens is 226 g/mol. The standard InChI is InChI=1S/C6H6ClN5OS/c7-5-9-4(2-14-5)8-1-3-10-6(13)12-11-3/h2,8H,1H2,(H2,10,11,12,13). The van der Waals surface area contributed by atoms with E-state index < -0.39 is 0 Å². The van der Waals surface area contributed by atoms with E-state index in [1.807, 2.05) is 0 Å². The third-order valence-electron chi connectivity index (χ3n) is 1.46. The molecule has 0 saturated heterocycles. The van der Waals surface area contributed by atoms with Crippen LogP contribution >= 0.6 is 22.9 Å². The molecule has 0 aromatic carbocycles. The maximum Gasteiger partial charge on any atom is 0.340 e. The van der Waals surface area contributed by atoms with Gasteiger partial charge in [-0.15, -0.1) is 11.3 Å². The zero-order valence-corrected chi connectivity index (χ0v) is 8.45. The van der Waals surface area contributed by atoms with E-state index in [4.69, 9.17) is 11.6 Å². The summed E-state index contributed by atoms with van der Waals surface area (Å²) in [6.45, 7) is 0.402. The van der Waals surface area contributed by atoms with Gasteiger partial charge in [-0.05, 0) is 0 Å². The molecule has 8 heteroatoms. The molecule has 0 bridgehead atoms. The Balaban J connectivity index is 1.98. The van der Waals surface area contributed by atoms with E-state index in [1.54, 1.807) is 5.38 Å². The second-order valence-corrected chi connectivity index (χ2v) is 3.90. The molecule has 0 fully saturated rings. The zero-order chi connectivity index (χ0) is 9.97. The molecule has 74 valence electrons. The topological polar surface area (TPSA) is 86.5 Å². The second-order valence-electron chi connectivity index (χ2n) is 2.46. The minimum atomic E-state index is -0.321. The summed E-state index contributed by atoms with van der Waals surface area (Å²) in [6.07, 6.45) is 0. The number of nitrogens with zero attached hydrogens (tertiary/aromatic N) is 2. The van der Waals surface area contributed by atoms with Crippen LogP contribution in [0.3, 0.4) is 0 Å². The van der Waals surface area contributed by atoms with Gasteiger partial charge in [-0.2, -0.15) is 5.10 Å². The molecule has 2 rings (SSSR count). The molecule has 0 amide bonds. The lowest BCUT2D eigenvalue weighted by Crippen LogP contribution is -2.04. The minimum absolute atomic E-state index is 0.321. The van der Waals surface area contributed by atoms with Gasteiger partial charge in [0.25, 0.3) is 0 Å². The molecule has 14 heavy (non-hydrogen) atoms. The number of H-pyrrole nitrogens is 2. The summed E-state index contributed by atoms with van der Waals surface area (Å²) >= 11 is 6.97. The lowest BCUT2D eigenvalue weighted by molar-refractivity contribution is 0.949. The van der Waals surface area contributed by atoms with Crippen LogP contribution in [-0.2, 0) is 6.54 Å². The third kappa shape index (κ3) is 2.12. The Kier molecular flexibility index (Phi) is 2.51. The van der Waals surface area contributed by atoms with Gasteiger partial charge in [0.1, 0.15) is 11.6 Å². The zero-order valence-electron chi connectivity index (χ0n) is 6.87. The number of thiazole rings is 1. The Morgan fingerprint density at radius 3 is 3.07 bits per heavy atom. The van der Waals surface area contributed by atoms with Gasteiger partial charge in [0.2, 0.25) is 0 Å². The fourth-order valence-electron chi connectivity index (χ4n) is 0.896. The van der Waals surface area contributed by atoms with E-state index in [1.165, 1.54) is 11.3 Å². The highest BCUT2D eigenvalue weighted by atomic mass is 35.5. The Morgan fingerprint density at radius 2 is 2.50 bits per heavy atom. The average Bonchev–Trinajstić information content (AvgIpc) is 2.72. The summed E-state index contributed by atoms with van der Waals surface area (Å²) < 4.78 is 0.475. The van der Waals surface area contributed by atoms with Crippen molar-refractivity contribution in [1.82, 2.24) is 20.2 Å². The van der Waals surface area contributed by atoms with Crippen LogP contribution in [0.15, 0.2) is 10.2 Å². The highest BCUT2D eigenvalue weighted by Gasteiger charge is 2.00. The first-order valence-corrected chi connectivity index (χ1v) is 4.98. The van der Waals surface area contributed by atoms with Gasteiger partial charge in [-0.3, -0.25) is 4.98 Å². The molecule has 0 aliphatic carbocycles. The van der Waals surface area contributed by atoms with Crippen molar-refractivity contribution in [3.63, 3.8) is 0 Å². The molecule has 6 nitrogen and oxygen atoms in total. The molecule has 0 aliphatic rings. The normalized spacial score (nSPS) is 10.4. The van der Waals surface area contributed by atoms with Gasteiger partial charge in [0.15, 0.2) is 4.47 Å². The third-order valence-corrected chi connectivity index (χ3v) is 2.44. The summed E-state index contributed by atoms with van der Waals surface area (Å²) in [4.78, 5) is 17.2. The summed E-state index contributed by atoms with van der Waals surface area (Å²) in [5.74, 6) is 1.20. The van der Waals surface area contributed by atoms with Crippen molar-refractivity contribution in [2.45, 2.75) is 6.54 Å². The first kappa shape index (κ1) is 9.22. The molecule has 0 unspecified atom stereocenters. The van der Waals surface area contributed by atoms with E-state index in [2.05, 4.69) is 25.5 Å². The van der Waals surface area contributed by atoms with E-state index in [0.29, 0.717) is 22.7 Å². The predicted molar refractivity (Wildman–Crippen MR) is 53.7 cm³/mol. The Morgan fingerprint density at radius 1 is 1.64 bits per heavy atom. The van der Waals surface area contributed by atoms with E-state index in [0.717, 1.165) is 0 Å². The molecule has 0 aliphatic heterocycles. The highest BCUT2D eigenvalue weighted by Crippen LogP contribution is 2.18. The lowest BCUT2D eigenvalue weighted by atomic mass is 10.6. The van der Waals surface area contributed by atoms with Crippen LogP contribution in [0.4, 0.5) is 5.82 Å². The van der Waals surface area contributed by atoms with E-state index >= 15 is 0 Å². The molecule has 0 saturated carbocycles. The summed E-state index contributed by atoms with van der Waals surface area (Å²) in [7, 11) is 0. The molecule has 2 heterocycles. The van der Waals surface area contributed by atoms with Gasteiger partial charge in [0.05, 0.1) is 6.54 Å². The molecule has 0 atom stereocenters. The number of aromatic nitrogens is 4. The number of hydrogen-bond acceptors (Lipinski definition) is 5. The van der Waals surface area contributed by atoms with Crippen LogP contribution < -0.4 is 11.0 Å². The van der Waals surface area contributed by atoms with Crippen molar-refractivity contribution in [3.8, 4) is 0 Å². The van der Waals surface area contributed by atoms with Crippen molar-refractivity contribution in [3.05, 3.63) is 26.2 Å². The van der Waals surface area contributed by atoms with Crippen LogP contribution in [0.2, 0.25) is 4.47 Å². The van der Waals surface area contributed by atoms with Crippen LogP contribution in [0.5, 0.6) is 0 Å². The lowest BCUT2D eigenvalue weighted by Gasteiger charge is -1.97. The molecule has 2 aromatic heterocycles. The Bertz CT molecular complexity index is 474. The van der Waals surface area contributed by atoms with Crippen molar-refractivity contribution in [1.29, 1.82) is 0 Å². The first-order chi connectivity index (χ1) is 6.74. The SMILES string of the molecule is O=c1[nH]nc(CNc2csc(Cl)n2)[nH]1. The van der Waals surface area contributed by atoms with Crippen LogP contribution in [0.25, 0.3) is 0 Å². The van der Waals surface area contributed by atoms with Gasteiger partial charge in [-0.25, -0.2) is 14.9 Å². The van der Waals surface area contributed by atoms with Crippen LogP contribution in [-0.4, -0.2) is 20.2 Å². The number of nitrogens with one attached hydrogen (secondary N) is 3. The fourth-order valence-corrected chi connectivity index (χ4v) is 1.62. The van der Waals surface area contributed by atoms with Crippen molar-refractivity contribution in [2.75, 3.05) is 5.32 Å². The van der Waals surface area contributed by atoms with E-state index in [9.17, 15) is 4.79 Å². The smallest absolute Gasteiger partial charge is 0.340 e. The highest BCUT2D eigenvalue weighted by molar-refractivity contribution is 7.14. The monoisotopic (exact) mass is 231 g/mol. The Hall–Kier alpha value is -1.34. The molecule has 0 spiro atoms. The maximum absolute atomic E-state index is 10.7. The number of rotatable bonds is 3. The Labute approximate surface area is 87.3 Å².